The predicted molar refractivity (Wildman–Crippen MR) is 172 cm³/mol. The first kappa shape index (κ1) is 31.6. The maximum atomic E-state index is 12.8. The van der Waals surface area contributed by atoms with Crippen molar-refractivity contribution in [2.45, 2.75) is 61.8 Å². The zero-order chi connectivity index (χ0) is 31.2. The topological polar surface area (TPSA) is 108 Å². The molecule has 4 aromatic carbocycles. The van der Waals surface area contributed by atoms with Crippen LogP contribution in [0.4, 0.5) is 0 Å². The lowest BCUT2D eigenvalue weighted by Crippen LogP contribution is -2.42. The number of sulfonamides is 1. The number of ether oxygens (including phenoxy) is 2. The van der Waals surface area contributed by atoms with E-state index >= 15 is 0 Å². The van der Waals surface area contributed by atoms with Gasteiger partial charge in [-0.05, 0) is 59.3 Å². The summed E-state index contributed by atoms with van der Waals surface area (Å²) in [4.78, 5) is 2.56. The zero-order valence-corrected chi connectivity index (χ0v) is 26.0. The number of rotatable bonds is 11. The van der Waals surface area contributed by atoms with Crippen molar-refractivity contribution in [3.8, 4) is 11.1 Å². The van der Waals surface area contributed by atoms with Gasteiger partial charge in [-0.3, -0.25) is 4.90 Å². The smallest absolute Gasteiger partial charge is 0.240 e. The molecule has 0 radical (unpaired) electrons. The van der Waals surface area contributed by atoms with Gasteiger partial charge < -0.3 is 19.7 Å². The van der Waals surface area contributed by atoms with E-state index in [9.17, 15) is 18.6 Å². The maximum absolute atomic E-state index is 12.8. The van der Waals surface area contributed by atoms with Crippen molar-refractivity contribution in [2.24, 2.45) is 0 Å². The molecule has 4 aromatic rings. The van der Waals surface area contributed by atoms with Crippen LogP contribution in [0.5, 0.6) is 0 Å². The summed E-state index contributed by atoms with van der Waals surface area (Å²) >= 11 is 0. The predicted octanol–water partition coefficient (Wildman–Crippen LogP) is 5.33. The summed E-state index contributed by atoms with van der Waals surface area (Å²) in [6.45, 7) is 1.97. The van der Waals surface area contributed by atoms with E-state index in [1.54, 1.807) is 30.3 Å². The molecule has 45 heavy (non-hydrogen) atoms. The molecule has 236 valence electrons. The molecule has 4 atom stereocenters. The fourth-order valence-corrected chi connectivity index (χ4v) is 7.30. The SMILES string of the molecule is O=S(=O)(NCc1ccccc1-c1ccc([C@H]2O[C@@H](CN3CCC[C@H]3CO)C[C@@H](c3ccc(CO)cc3)O2)cc1)c1ccccc1. The Morgan fingerprint density at radius 3 is 2.27 bits per heavy atom. The molecule has 0 saturated carbocycles. The summed E-state index contributed by atoms with van der Waals surface area (Å²) in [7, 11) is -3.64. The first-order valence-electron chi connectivity index (χ1n) is 15.5. The molecule has 0 spiro atoms. The van der Waals surface area contributed by atoms with E-state index in [-0.39, 0.29) is 42.9 Å². The molecule has 2 fully saturated rings. The molecule has 2 aliphatic heterocycles. The third kappa shape index (κ3) is 7.53. The molecule has 9 heteroatoms. The molecular weight excluding hydrogens is 588 g/mol. The maximum Gasteiger partial charge on any atom is 0.240 e. The Labute approximate surface area is 265 Å². The zero-order valence-electron chi connectivity index (χ0n) is 25.2. The molecule has 0 aliphatic carbocycles. The summed E-state index contributed by atoms with van der Waals surface area (Å²) in [6, 6.07) is 32.2. The average molecular weight is 629 g/mol. The number of nitrogens with one attached hydrogen (secondary N) is 1. The average Bonchev–Trinajstić information content (AvgIpc) is 3.55. The summed E-state index contributed by atoms with van der Waals surface area (Å²) in [5.74, 6) is 0. The number of nitrogens with zero attached hydrogens (tertiary/aromatic N) is 1. The second kappa shape index (κ2) is 14.3. The van der Waals surface area contributed by atoms with Crippen LogP contribution >= 0.6 is 0 Å². The monoisotopic (exact) mass is 628 g/mol. The number of benzene rings is 4. The van der Waals surface area contributed by atoms with Crippen molar-refractivity contribution in [1.82, 2.24) is 9.62 Å². The lowest BCUT2D eigenvalue weighted by molar-refractivity contribution is -0.253. The van der Waals surface area contributed by atoms with Gasteiger partial charge in [0.05, 0.1) is 30.3 Å². The van der Waals surface area contributed by atoms with Gasteiger partial charge in [0.25, 0.3) is 0 Å². The second-order valence-electron chi connectivity index (χ2n) is 11.7. The molecule has 0 amide bonds. The Morgan fingerprint density at radius 1 is 0.822 bits per heavy atom. The van der Waals surface area contributed by atoms with Crippen LogP contribution in [0.15, 0.2) is 108 Å². The van der Waals surface area contributed by atoms with Gasteiger partial charge in [0.1, 0.15) is 0 Å². The highest BCUT2D eigenvalue weighted by molar-refractivity contribution is 7.89. The van der Waals surface area contributed by atoms with Gasteiger partial charge in [0, 0.05) is 31.1 Å². The van der Waals surface area contributed by atoms with Crippen LogP contribution in [0.3, 0.4) is 0 Å². The van der Waals surface area contributed by atoms with Crippen LogP contribution in [-0.2, 0) is 32.6 Å². The molecule has 2 heterocycles. The van der Waals surface area contributed by atoms with Gasteiger partial charge in [-0.1, -0.05) is 91.0 Å². The Balaban J connectivity index is 1.21. The molecular formula is C36H40N2O6S. The van der Waals surface area contributed by atoms with Crippen LogP contribution in [0.25, 0.3) is 11.1 Å². The Hall–Kier alpha value is -3.41. The molecule has 0 unspecified atom stereocenters. The van der Waals surface area contributed by atoms with Crippen LogP contribution < -0.4 is 4.72 Å². The van der Waals surface area contributed by atoms with E-state index in [0.29, 0.717) is 6.42 Å². The fourth-order valence-electron chi connectivity index (χ4n) is 6.27. The van der Waals surface area contributed by atoms with E-state index in [1.807, 2.05) is 72.8 Å². The van der Waals surface area contributed by atoms with Crippen LogP contribution in [0, 0.1) is 0 Å². The largest absolute Gasteiger partial charge is 0.395 e. The molecule has 0 bridgehead atoms. The van der Waals surface area contributed by atoms with Crippen LogP contribution in [0.1, 0.15) is 53.9 Å². The lowest BCUT2D eigenvalue weighted by atomic mass is 9.97. The highest BCUT2D eigenvalue weighted by atomic mass is 32.2. The summed E-state index contributed by atoms with van der Waals surface area (Å²) < 4.78 is 41.5. The van der Waals surface area contributed by atoms with Gasteiger partial charge >= 0.3 is 0 Å². The lowest BCUT2D eigenvalue weighted by Gasteiger charge is -2.38. The van der Waals surface area contributed by atoms with Gasteiger partial charge in [-0.2, -0.15) is 0 Å². The van der Waals surface area contributed by atoms with E-state index in [2.05, 4.69) is 9.62 Å². The molecule has 6 rings (SSSR count). The van der Waals surface area contributed by atoms with E-state index in [1.165, 1.54) is 0 Å². The van der Waals surface area contributed by atoms with Crippen molar-refractivity contribution < 1.29 is 28.1 Å². The number of aliphatic hydroxyl groups excluding tert-OH is 2. The third-order valence-electron chi connectivity index (χ3n) is 8.78. The normalized spacial score (nSPS) is 22.4. The molecule has 8 nitrogen and oxygen atoms in total. The summed E-state index contributed by atoms with van der Waals surface area (Å²) in [6.07, 6.45) is 1.90. The number of aliphatic hydroxyl groups is 2. The van der Waals surface area contributed by atoms with E-state index in [0.717, 1.165) is 59.3 Å². The molecule has 2 saturated heterocycles. The molecule has 0 aromatic heterocycles. The van der Waals surface area contributed by atoms with Gasteiger partial charge in [-0.15, -0.1) is 0 Å². The Kier molecular flexibility index (Phi) is 10.1. The first-order valence-corrected chi connectivity index (χ1v) is 17.0. The van der Waals surface area contributed by atoms with E-state index < -0.39 is 16.3 Å². The minimum absolute atomic E-state index is 0.00789. The van der Waals surface area contributed by atoms with Gasteiger partial charge in [0.15, 0.2) is 6.29 Å². The number of hydrogen-bond donors (Lipinski definition) is 3. The van der Waals surface area contributed by atoms with E-state index in [4.69, 9.17) is 9.47 Å². The second-order valence-corrected chi connectivity index (χ2v) is 13.5. The van der Waals surface area contributed by atoms with Crippen molar-refractivity contribution in [1.29, 1.82) is 0 Å². The fraction of sp³-hybridized carbons (Fsp3) is 0.333. The molecule has 3 N–H and O–H groups in total. The number of likely N-dealkylation sites (tertiary alicyclic amines) is 1. The van der Waals surface area contributed by atoms with Crippen molar-refractivity contribution >= 4 is 10.0 Å². The van der Waals surface area contributed by atoms with Gasteiger partial charge in [-0.25, -0.2) is 13.1 Å². The molecule has 2 aliphatic rings. The quantitative estimate of drug-likeness (QED) is 0.206. The van der Waals surface area contributed by atoms with Crippen LogP contribution in [-0.4, -0.2) is 55.4 Å². The Morgan fingerprint density at radius 2 is 1.53 bits per heavy atom. The Bertz CT molecular complexity index is 1650. The van der Waals surface area contributed by atoms with Crippen molar-refractivity contribution in [3.63, 3.8) is 0 Å². The summed E-state index contributed by atoms with van der Waals surface area (Å²) in [5, 5.41) is 19.4. The minimum Gasteiger partial charge on any atom is -0.395 e. The highest BCUT2D eigenvalue weighted by Crippen LogP contribution is 2.39. The van der Waals surface area contributed by atoms with Crippen molar-refractivity contribution in [2.75, 3.05) is 19.7 Å². The standard InChI is InChI=1S/C36H40N2O6S/c39-24-26-12-14-28(15-13-26)35-21-32(23-38-20-6-8-31(38)25-40)43-36(44-35)29-18-16-27(17-19-29)34-11-5-4-7-30(34)22-37-45(41,42)33-9-2-1-3-10-33/h1-5,7,9-19,31-32,35-37,39-40H,6,8,20-25H2/t31-,32+,35-,36-/m0/s1. The number of hydrogen-bond acceptors (Lipinski definition) is 7. The van der Waals surface area contributed by atoms with Crippen molar-refractivity contribution in [3.05, 3.63) is 125 Å². The third-order valence-corrected chi connectivity index (χ3v) is 10.2. The van der Waals surface area contributed by atoms with Crippen LogP contribution in [0.2, 0.25) is 0 Å². The minimum atomic E-state index is -3.64. The first-order chi connectivity index (χ1) is 21.9. The van der Waals surface area contributed by atoms with Gasteiger partial charge in [0.2, 0.25) is 10.0 Å². The highest BCUT2D eigenvalue weighted by Gasteiger charge is 2.35. The summed E-state index contributed by atoms with van der Waals surface area (Å²) in [5.41, 5.74) is 5.54.